The van der Waals surface area contributed by atoms with Crippen molar-refractivity contribution in [3.63, 3.8) is 0 Å². The molecule has 2 unspecified atom stereocenters. The maximum absolute atomic E-state index is 11.0. The molecule has 0 bridgehead atoms. The normalized spacial score (nSPS) is 27.2. The minimum Gasteiger partial charge on any atom is -0.771 e. The first-order chi connectivity index (χ1) is 6.14. The average Bonchev–Trinajstić information content (AvgIpc) is 2.47. The van der Waals surface area contributed by atoms with E-state index >= 15 is 0 Å². The summed E-state index contributed by atoms with van der Waals surface area (Å²) in [7, 11) is 0. The summed E-state index contributed by atoms with van der Waals surface area (Å²) in [6.45, 7) is 1.71. The highest BCUT2D eigenvalue weighted by atomic mass is 32.2. The molecular weight excluding hydrogens is 184 g/mol. The van der Waals surface area contributed by atoms with Crippen molar-refractivity contribution in [3.05, 3.63) is 41.5 Å². The summed E-state index contributed by atoms with van der Waals surface area (Å²) in [5.74, 6) is 0. The maximum Gasteiger partial charge on any atom is 0.0736 e. The molecule has 0 spiro atoms. The summed E-state index contributed by atoms with van der Waals surface area (Å²) in [6.07, 6.45) is 3.58. The SMILES string of the molecule is CC1(S(=O)[O-])C=Cc2ccccc21. The molecule has 2 rings (SSSR count). The van der Waals surface area contributed by atoms with Gasteiger partial charge in [-0.3, -0.25) is 4.21 Å². The molecule has 0 saturated carbocycles. The van der Waals surface area contributed by atoms with Gasteiger partial charge >= 0.3 is 0 Å². The molecule has 0 amide bonds. The van der Waals surface area contributed by atoms with Crippen LogP contribution in [0.25, 0.3) is 6.08 Å². The highest BCUT2D eigenvalue weighted by Gasteiger charge is 2.30. The lowest BCUT2D eigenvalue weighted by Gasteiger charge is -2.26. The molecule has 2 nitrogen and oxygen atoms in total. The van der Waals surface area contributed by atoms with Crippen LogP contribution in [-0.2, 0) is 15.8 Å². The predicted molar refractivity (Wildman–Crippen MR) is 51.7 cm³/mol. The molecule has 2 atom stereocenters. The molecule has 1 aromatic rings. The minimum absolute atomic E-state index is 0.837. The van der Waals surface area contributed by atoms with Gasteiger partial charge in [-0.2, -0.15) is 0 Å². The molecule has 0 aromatic heterocycles. The largest absolute Gasteiger partial charge is 0.771 e. The van der Waals surface area contributed by atoms with Gasteiger partial charge in [-0.05, 0) is 29.1 Å². The molecule has 13 heavy (non-hydrogen) atoms. The first-order valence-corrected chi connectivity index (χ1v) is 5.10. The van der Waals surface area contributed by atoms with Crippen LogP contribution in [0, 0.1) is 0 Å². The van der Waals surface area contributed by atoms with Gasteiger partial charge in [0, 0.05) is 0 Å². The second kappa shape index (κ2) is 2.79. The number of hydrogen-bond acceptors (Lipinski definition) is 2. The van der Waals surface area contributed by atoms with Gasteiger partial charge in [0.1, 0.15) is 0 Å². The lowest BCUT2D eigenvalue weighted by Crippen LogP contribution is -2.23. The lowest BCUT2D eigenvalue weighted by molar-refractivity contribution is 0.512. The number of fused-ring (bicyclic) bond motifs is 1. The van der Waals surface area contributed by atoms with Gasteiger partial charge in [0.15, 0.2) is 0 Å². The monoisotopic (exact) mass is 193 g/mol. The lowest BCUT2D eigenvalue weighted by atomic mass is 10.0. The zero-order valence-electron chi connectivity index (χ0n) is 7.19. The van der Waals surface area contributed by atoms with Crippen molar-refractivity contribution in [3.8, 4) is 0 Å². The Hall–Kier alpha value is -0.930. The average molecular weight is 193 g/mol. The van der Waals surface area contributed by atoms with E-state index in [2.05, 4.69) is 0 Å². The van der Waals surface area contributed by atoms with Crippen LogP contribution in [0.3, 0.4) is 0 Å². The Morgan fingerprint density at radius 1 is 1.38 bits per heavy atom. The van der Waals surface area contributed by atoms with Gasteiger partial charge in [-0.25, -0.2) is 0 Å². The second-order valence-corrected chi connectivity index (χ2v) is 4.58. The van der Waals surface area contributed by atoms with E-state index in [9.17, 15) is 8.76 Å². The fraction of sp³-hybridized carbons (Fsp3) is 0.200. The van der Waals surface area contributed by atoms with E-state index in [0.717, 1.165) is 11.1 Å². The van der Waals surface area contributed by atoms with E-state index in [1.807, 2.05) is 30.3 Å². The van der Waals surface area contributed by atoms with Crippen LogP contribution in [0.15, 0.2) is 30.3 Å². The molecule has 0 fully saturated rings. The van der Waals surface area contributed by atoms with Crippen LogP contribution in [-0.4, -0.2) is 8.76 Å². The van der Waals surface area contributed by atoms with Crippen LogP contribution in [0.4, 0.5) is 0 Å². The molecule has 1 aliphatic rings. The Labute approximate surface area is 79.6 Å². The Bertz CT molecular complexity index is 398. The molecule has 0 N–H and O–H groups in total. The van der Waals surface area contributed by atoms with Gasteiger partial charge in [-0.15, -0.1) is 0 Å². The molecule has 3 heteroatoms. The predicted octanol–water partition coefficient (Wildman–Crippen LogP) is 1.81. The molecule has 0 saturated heterocycles. The quantitative estimate of drug-likeness (QED) is 0.638. The van der Waals surface area contributed by atoms with Gasteiger partial charge in [0.2, 0.25) is 0 Å². The van der Waals surface area contributed by atoms with E-state index in [4.69, 9.17) is 0 Å². The summed E-state index contributed by atoms with van der Waals surface area (Å²) >= 11 is -2.10. The summed E-state index contributed by atoms with van der Waals surface area (Å²) in [6, 6.07) is 7.54. The minimum atomic E-state index is -2.10. The van der Waals surface area contributed by atoms with E-state index in [1.54, 1.807) is 13.0 Å². The first kappa shape index (κ1) is 8.66. The smallest absolute Gasteiger partial charge is 0.0736 e. The third-order valence-electron chi connectivity index (χ3n) is 2.42. The first-order valence-electron chi connectivity index (χ1n) is 4.03. The second-order valence-electron chi connectivity index (χ2n) is 3.26. The van der Waals surface area contributed by atoms with Crippen molar-refractivity contribution in [2.24, 2.45) is 0 Å². The van der Waals surface area contributed by atoms with Crippen LogP contribution >= 0.6 is 0 Å². The van der Waals surface area contributed by atoms with E-state index in [1.165, 1.54) is 0 Å². The molecule has 1 aromatic carbocycles. The standard InChI is InChI=1S/C10H10O2S/c1-10(13(11)12)7-6-8-4-2-3-5-9(8)10/h2-7H,1H3,(H,11,12)/p-1. The highest BCUT2D eigenvalue weighted by Crippen LogP contribution is 2.37. The third-order valence-corrected chi connectivity index (χ3v) is 3.47. The third kappa shape index (κ3) is 1.16. The summed E-state index contributed by atoms with van der Waals surface area (Å²) in [5.41, 5.74) is 1.86. The summed E-state index contributed by atoms with van der Waals surface area (Å²) < 4.78 is 21.2. The van der Waals surface area contributed by atoms with Crippen molar-refractivity contribution in [1.82, 2.24) is 0 Å². The zero-order valence-corrected chi connectivity index (χ0v) is 8.01. The fourth-order valence-electron chi connectivity index (χ4n) is 1.58. The topological polar surface area (TPSA) is 40.1 Å². The van der Waals surface area contributed by atoms with Gasteiger partial charge in [0.25, 0.3) is 0 Å². The Morgan fingerprint density at radius 3 is 2.77 bits per heavy atom. The van der Waals surface area contributed by atoms with Crippen LogP contribution in [0.2, 0.25) is 0 Å². The van der Waals surface area contributed by atoms with Crippen molar-refractivity contribution < 1.29 is 8.76 Å². The Kier molecular flexibility index (Phi) is 1.86. The van der Waals surface area contributed by atoms with Gasteiger partial charge in [-0.1, -0.05) is 36.4 Å². The van der Waals surface area contributed by atoms with Crippen molar-refractivity contribution >= 4 is 17.2 Å². The number of rotatable bonds is 1. The Morgan fingerprint density at radius 2 is 2.08 bits per heavy atom. The molecule has 1 aliphatic carbocycles. The van der Waals surface area contributed by atoms with E-state index < -0.39 is 15.8 Å². The highest BCUT2D eigenvalue weighted by molar-refractivity contribution is 7.80. The van der Waals surface area contributed by atoms with Crippen LogP contribution < -0.4 is 0 Å². The fourth-order valence-corrected chi connectivity index (χ4v) is 2.12. The van der Waals surface area contributed by atoms with E-state index in [-0.39, 0.29) is 0 Å². The maximum atomic E-state index is 11.0. The summed E-state index contributed by atoms with van der Waals surface area (Å²) in [5, 5.41) is 0. The number of benzene rings is 1. The molecule has 0 radical (unpaired) electrons. The zero-order chi connectivity index (χ0) is 9.47. The van der Waals surface area contributed by atoms with Gasteiger partial charge in [0.05, 0.1) is 4.75 Å². The molecular formula is C10H9O2S-. The van der Waals surface area contributed by atoms with Gasteiger partial charge < -0.3 is 4.55 Å². The number of hydrogen-bond donors (Lipinski definition) is 0. The van der Waals surface area contributed by atoms with Crippen LogP contribution in [0.1, 0.15) is 18.1 Å². The van der Waals surface area contributed by atoms with Crippen molar-refractivity contribution in [2.75, 3.05) is 0 Å². The molecule has 0 aliphatic heterocycles. The van der Waals surface area contributed by atoms with Crippen molar-refractivity contribution in [1.29, 1.82) is 0 Å². The van der Waals surface area contributed by atoms with Crippen molar-refractivity contribution in [2.45, 2.75) is 11.7 Å². The Balaban J connectivity index is 2.61. The van der Waals surface area contributed by atoms with E-state index in [0.29, 0.717) is 0 Å². The summed E-state index contributed by atoms with van der Waals surface area (Å²) in [4.78, 5) is 0. The molecule has 0 heterocycles. The van der Waals surface area contributed by atoms with Crippen LogP contribution in [0.5, 0.6) is 0 Å². The molecule has 68 valence electrons.